The first-order chi connectivity index (χ1) is 13.0. The highest BCUT2D eigenvalue weighted by Gasteiger charge is 2.47. The van der Waals surface area contributed by atoms with Crippen molar-refractivity contribution in [2.45, 2.75) is 26.2 Å². The number of hydrogen-bond donors (Lipinski definition) is 3. The number of aromatic hydroxyl groups is 1. The molecule has 1 unspecified atom stereocenters. The van der Waals surface area contributed by atoms with Gasteiger partial charge in [0.2, 0.25) is 0 Å². The Morgan fingerprint density at radius 3 is 2.78 bits per heavy atom. The average Bonchev–Trinajstić information content (AvgIpc) is 3.34. The van der Waals surface area contributed by atoms with Crippen molar-refractivity contribution in [2.75, 3.05) is 6.61 Å². The molecule has 1 aliphatic heterocycles. The minimum absolute atomic E-state index is 0.100. The third-order valence-electron chi connectivity index (χ3n) is 5.56. The van der Waals surface area contributed by atoms with E-state index in [1.807, 2.05) is 13.8 Å². The molecule has 7 heteroatoms. The van der Waals surface area contributed by atoms with Crippen molar-refractivity contribution in [1.82, 2.24) is 10.2 Å². The van der Waals surface area contributed by atoms with E-state index < -0.39 is 5.82 Å². The largest absolute Gasteiger partial charge is 0.508 e. The molecule has 2 aliphatic rings. The van der Waals surface area contributed by atoms with E-state index in [-0.39, 0.29) is 41.4 Å². The van der Waals surface area contributed by atoms with Crippen molar-refractivity contribution in [3.8, 4) is 11.8 Å². The number of nitriles is 1. The summed E-state index contributed by atoms with van der Waals surface area (Å²) in [4.78, 5) is 4.54. The molecule has 0 radical (unpaired) electrons. The second kappa shape index (κ2) is 6.32. The minimum Gasteiger partial charge on any atom is -0.508 e. The number of benzene rings is 1. The SMILES string of the molecule is CC1=C(C#N)C(c2ccc(O)cc2F)=Nc2n[nH]c(C)c2C1[C@@H]1C[C@H]1CO. The van der Waals surface area contributed by atoms with Gasteiger partial charge in [-0.3, -0.25) is 5.10 Å². The number of allylic oxidation sites excluding steroid dienone is 2. The van der Waals surface area contributed by atoms with Crippen LogP contribution in [0.5, 0.6) is 5.75 Å². The lowest BCUT2D eigenvalue weighted by Gasteiger charge is -2.18. The average molecular weight is 366 g/mol. The van der Waals surface area contributed by atoms with Crippen molar-refractivity contribution in [3.05, 3.63) is 52.0 Å². The molecule has 0 saturated heterocycles. The number of phenolic OH excluding ortho intramolecular Hbond substituents is 1. The smallest absolute Gasteiger partial charge is 0.178 e. The van der Waals surface area contributed by atoms with Gasteiger partial charge in [0, 0.05) is 35.4 Å². The Kier molecular flexibility index (Phi) is 4.08. The summed E-state index contributed by atoms with van der Waals surface area (Å²) in [5.74, 6) is -0.129. The molecule has 4 rings (SSSR count). The molecule has 0 spiro atoms. The molecule has 1 aromatic heterocycles. The Labute approximate surface area is 155 Å². The van der Waals surface area contributed by atoms with E-state index in [1.54, 1.807) is 0 Å². The lowest BCUT2D eigenvalue weighted by molar-refractivity contribution is 0.266. The summed E-state index contributed by atoms with van der Waals surface area (Å²) in [5, 5.41) is 36.1. The number of nitrogens with zero attached hydrogens (tertiary/aromatic N) is 3. The molecule has 0 bridgehead atoms. The molecule has 2 aromatic rings. The fraction of sp³-hybridized carbons (Fsp3) is 0.350. The van der Waals surface area contributed by atoms with Gasteiger partial charge in [-0.1, -0.05) is 0 Å². The molecule has 27 heavy (non-hydrogen) atoms. The quantitative estimate of drug-likeness (QED) is 0.775. The zero-order valence-corrected chi connectivity index (χ0v) is 15.0. The van der Waals surface area contributed by atoms with Gasteiger partial charge in [0.15, 0.2) is 5.82 Å². The van der Waals surface area contributed by atoms with Gasteiger partial charge in [-0.05, 0) is 49.8 Å². The Bertz CT molecular complexity index is 1030. The number of rotatable bonds is 3. The maximum atomic E-state index is 14.5. The fourth-order valence-corrected chi connectivity index (χ4v) is 4.06. The van der Waals surface area contributed by atoms with Crippen LogP contribution < -0.4 is 0 Å². The van der Waals surface area contributed by atoms with E-state index in [0.717, 1.165) is 29.3 Å². The number of nitrogens with one attached hydrogen (secondary N) is 1. The number of hydrogen-bond acceptors (Lipinski definition) is 5. The molecular weight excluding hydrogens is 347 g/mol. The van der Waals surface area contributed by atoms with Crippen LogP contribution in [0, 0.1) is 35.9 Å². The third-order valence-corrected chi connectivity index (χ3v) is 5.56. The molecule has 1 saturated carbocycles. The second-order valence-corrected chi connectivity index (χ2v) is 7.20. The molecule has 1 fully saturated rings. The van der Waals surface area contributed by atoms with Crippen LogP contribution in [0.3, 0.4) is 0 Å². The lowest BCUT2D eigenvalue weighted by atomic mass is 9.83. The van der Waals surface area contributed by atoms with Gasteiger partial charge < -0.3 is 10.2 Å². The highest BCUT2D eigenvalue weighted by atomic mass is 19.1. The standard InChI is InChI=1S/C20H19FN4O2/c1-9-15(7-22)19(13-4-3-12(27)6-16(13)21)23-20-18(10(2)24-25-20)17(9)14-5-11(14)8-26/h3-4,6,11,14,17,26-27H,5,8H2,1-2H3,(H,24,25)/t11-,14+,17?/m0/s1. The summed E-state index contributed by atoms with van der Waals surface area (Å²) in [6, 6.07) is 5.98. The second-order valence-electron chi connectivity index (χ2n) is 7.20. The summed E-state index contributed by atoms with van der Waals surface area (Å²) in [5.41, 5.74) is 3.22. The predicted molar refractivity (Wildman–Crippen MR) is 97.3 cm³/mol. The first-order valence-corrected chi connectivity index (χ1v) is 8.80. The summed E-state index contributed by atoms with van der Waals surface area (Å²) >= 11 is 0. The minimum atomic E-state index is -0.652. The van der Waals surface area contributed by atoms with E-state index in [0.29, 0.717) is 11.4 Å². The van der Waals surface area contributed by atoms with Gasteiger partial charge in [0.1, 0.15) is 17.6 Å². The number of aliphatic hydroxyl groups is 1. The molecule has 0 amide bonds. The molecule has 2 heterocycles. The molecular formula is C20H19FN4O2. The number of aromatic amines is 1. The number of aliphatic hydroxyl groups excluding tert-OH is 1. The number of halogens is 1. The summed E-state index contributed by atoms with van der Waals surface area (Å²) in [7, 11) is 0. The highest BCUT2D eigenvalue weighted by molar-refractivity contribution is 6.17. The first-order valence-electron chi connectivity index (χ1n) is 8.80. The summed E-state index contributed by atoms with van der Waals surface area (Å²) in [6.07, 6.45) is 0.865. The Morgan fingerprint density at radius 1 is 1.37 bits per heavy atom. The number of aryl methyl sites for hydroxylation is 1. The van der Waals surface area contributed by atoms with Crippen molar-refractivity contribution in [1.29, 1.82) is 5.26 Å². The number of phenols is 1. The molecule has 1 aromatic carbocycles. The molecule has 1 aliphatic carbocycles. The van der Waals surface area contributed by atoms with Gasteiger partial charge in [-0.2, -0.15) is 10.4 Å². The monoisotopic (exact) mass is 366 g/mol. The molecule has 6 nitrogen and oxygen atoms in total. The van der Waals surface area contributed by atoms with Crippen molar-refractivity contribution in [3.63, 3.8) is 0 Å². The van der Waals surface area contributed by atoms with Gasteiger partial charge >= 0.3 is 0 Å². The third kappa shape index (κ3) is 2.73. The van der Waals surface area contributed by atoms with Crippen LogP contribution in [0.1, 0.15) is 36.1 Å². The maximum Gasteiger partial charge on any atom is 0.178 e. The molecule has 138 valence electrons. The van der Waals surface area contributed by atoms with Gasteiger partial charge in [0.05, 0.1) is 11.3 Å². The number of aromatic nitrogens is 2. The molecule has 3 N–H and O–H groups in total. The van der Waals surface area contributed by atoms with Crippen LogP contribution in [-0.2, 0) is 0 Å². The zero-order valence-electron chi connectivity index (χ0n) is 15.0. The number of H-pyrrole nitrogens is 1. The van der Waals surface area contributed by atoms with E-state index in [9.17, 15) is 19.9 Å². The Balaban J connectivity index is 1.95. The van der Waals surface area contributed by atoms with Gasteiger partial charge in [0.25, 0.3) is 0 Å². The van der Waals surface area contributed by atoms with Crippen LogP contribution in [0.15, 0.2) is 34.3 Å². The van der Waals surface area contributed by atoms with Crippen LogP contribution in [0.25, 0.3) is 0 Å². The Morgan fingerprint density at radius 2 is 2.15 bits per heavy atom. The van der Waals surface area contributed by atoms with Crippen molar-refractivity contribution in [2.24, 2.45) is 16.8 Å². The summed E-state index contributed by atoms with van der Waals surface area (Å²) < 4.78 is 14.5. The van der Waals surface area contributed by atoms with E-state index >= 15 is 0 Å². The topological polar surface area (TPSA) is 105 Å². The van der Waals surface area contributed by atoms with Crippen LogP contribution >= 0.6 is 0 Å². The Hall–Kier alpha value is -2.98. The van der Waals surface area contributed by atoms with E-state index in [4.69, 9.17) is 0 Å². The first kappa shape index (κ1) is 17.4. The lowest BCUT2D eigenvalue weighted by Crippen LogP contribution is -2.12. The van der Waals surface area contributed by atoms with Crippen molar-refractivity contribution < 1.29 is 14.6 Å². The van der Waals surface area contributed by atoms with Crippen LogP contribution in [-0.4, -0.2) is 32.7 Å². The summed E-state index contributed by atoms with van der Waals surface area (Å²) in [6.45, 7) is 3.87. The van der Waals surface area contributed by atoms with E-state index in [2.05, 4.69) is 21.3 Å². The fourth-order valence-electron chi connectivity index (χ4n) is 4.06. The number of fused-ring (bicyclic) bond motifs is 1. The normalized spacial score (nSPS) is 24.1. The predicted octanol–water partition coefficient (Wildman–Crippen LogP) is 3.25. The maximum absolute atomic E-state index is 14.5. The van der Waals surface area contributed by atoms with Crippen LogP contribution in [0.4, 0.5) is 10.2 Å². The van der Waals surface area contributed by atoms with Gasteiger partial charge in [-0.15, -0.1) is 0 Å². The van der Waals surface area contributed by atoms with E-state index in [1.165, 1.54) is 12.1 Å². The highest BCUT2D eigenvalue weighted by Crippen LogP contribution is 2.55. The van der Waals surface area contributed by atoms with Crippen LogP contribution in [0.2, 0.25) is 0 Å². The van der Waals surface area contributed by atoms with Crippen molar-refractivity contribution >= 4 is 11.5 Å². The molecule has 3 atom stereocenters. The zero-order chi connectivity index (χ0) is 19.3. The number of aliphatic imine (C=N–C) groups is 1. The van der Waals surface area contributed by atoms with Gasteiger partial charge in [-0.25, -0.2) is 9.38 Å².